The van der Waals surface area contributed by atoms with Crippen LogP contribution in [0.4, 0.5) is 5.88 Å². The van der Waals surface area contributed by atoms with E-state index in [1.54, 1.807) is 24.3 Å². The quantitative estimate of drug-likeness (QED) is 0.540. The molecule has 128 valence electrons. The third-order valence-corrected chi connectivity index (χ3v) is 3.80. The third kappa shape index (κ3) is 4.52. The molecule has 8 heteroatoms. The van der Waals surface area contributed by atoms with Gasteiger partial charge in [-0.1, -0.05) is 27.5 Å². The predicted molar refractivity (Wildman–Crippen MR) is 93.8 cm³/mol. The highest BCUT2D eigenvalue weighted by molar-refractivity contribution is 9.09. The fraction of sp³-hybridized carbons (Fsp3) is 0.250. The second kappa shape index (κ2) is 8.21. The van der Waals surface area contributed by atoms with Gasteiger partial charge < -0.3 is 14.3 Å². The van der Waals surface area contributed by atoms with Crippen LogP contribution in [0.5, 0.6) is 11.5 Å². The van der Waals surface area contributed by atoms with Crippen molar-refractivity contribution in [1.29, 1.82) is 0 Å². The van der Waals surface area contributed by atoms with E-state index in [-0.39, 0.29) is 35.5 Å². The molecular formula is C16H15BrClNO5. The van der Waals surface area contributed by atoms with Gasteiger partial charge in [-0.2, -0.15) is 0 Å². The molecule has 2 N–H and O–H groups in total. The zero-order valence-electron chi connectivity index (χ0n) is 12.8. The molecule has 0 saturated heterocycles. The number of furan rings is 1. The van der Waals surface area contributed by atoms with Crippen molar-refractivity contribution in [2.24, 2.45) is 0 Å². The summed E-state index contributed by atoms with van der Waals surface area (Å²) >= 11 is 9.08. The maximum Gasteiger partial charge on any atom is 0.308 e. The van der Waals surface area contributed by atoms with Crippen LogP contribution in [0.2, 0.25) is 5.02 Å². The summed E-state index contributed by atoms with van der Waals surface area (Å²) in [6.07, 6.45) is 0.883. The van der Waals surface area contributed by atoms with Crippen LogP contribution in [0.3, 0.4) is 0 Å². The minimum atomic E-state index is -0.648. The van der Waals surface area contributed by atoms with E-state index in [4.69, 9.17) is 20.8 Å². The molecule has 1 amide bonds. The Morgan fingerprint density at radius 1 is 1.33 bits per heavy atom. The van der Waals surface area contributed by atoms with E-state index < -0.39 is 5.97 Å². The van der Waals surface area contributed by atoms with Crippen LogP contribution in [0.1, 0.15) is 19.8 Å². The van der Waals surface area contributed by atoms with Gasteiger partial charge in [0.05, 0.1) is 0 Å². The first-order chi connectivity index (χ1) is 11.4. The summed E-state index contributed by atoms with van der Waals surface area (Å²) in [7, 11) is 0. The molecule has 24 heavy (non-hydrogen) atoms. The molecule has 0 spiro atoms. The molecule has 1 aromatic heterocycles. The van der Waals surface area contributed by atoms with E-state index in [1.165, 1.54) is 6.92 Å². The average Bonchev–Trinajstić information content (AvgIpc) is 2.82. The Kier molecular flexibility index (Phi) is 6.28. The Bertz CT molecular complexity index is 742. The number of carbonyl (C=O) groups is 2. The van der Waals surface area contributed by atoms with Gasteiger partial charge in [-0.05, 0) is 30.7 Å². The highest BCUT2D eigenvalue weighted by Gasteiger charge is 2.25. The van der Waals surface area contributed by atoms with Gasteiger partial charge >= 0.3 is 5.97 Å². The first kappa shape index (κ1) is 18.4. The fourth-order valence-electron chi connectivity index (χ4n) is 1.94. The number of amides is 1. The van der Waals surface area contributed by atoms with Gasteiger partial charge in [-0.3, -0.25) is 14.9 Å². The van der Waals surface area contributed by atoms with Crippen molar-refractivity contribution < 1.29 is 23.8 Å². The summed E-state index contributed by atoms with van der Waals surface area (Å²) in [4.78, 5) is 23.1. The molecule has 0 unspecified atom stereocenters. The summed E-state index contributed by atoms with van der Waals surface area (Å²) in [6, 6.07) is 6.51. The van der Waals surface area contributed by atoms with Crippen molar-refractivity contribution in [2.75, 3.05) is 10.6 Å². The minimum absolute atomic E-state index is 0.0682. The molecule has 0 radical (unpaired) electrons. The molecule has 0 fully saturated rings. The van der Waals surface area contributed by atoms with Crippen LogP contribution in [0.25, 0.3) is 11.3 Å². The maximum absolute atomic E-state index is 11.9. The van der Waals surface area contributed by atoms with Gasteiger partial charge in [0.25, 0.3) is 0 Å². The lowest BCUT2D eigenvalue weighted by atomic mass is 10.1. The van der Waals surface area contributed by atoms with E-state index >= 15 is 0 Å². The second-order valence-corrected chi connectivity index (χ2v) is 6.11. The van der Waals surface area contributed by atoms with Crippen molar-refractivity contribution in [3.05, 3.63) is 29.3 Å². The number of nitrogens with one attached hydrogen (secondary N) is 1. The molecule has 2 aromatic rings. The molecule has 0 atom stereocenters. The number of benzene rings is 1. The molecule has 6 nitrogen and oxygen atoms in total. The van der Waals surface area contributed by atoms with Crippen LogP contribution in [-0.4, -0.2) is 22.3 Å². The molecule has 0 aliphatic heterocycles. The van der Waals surface area contributed by atoms with Crippen LogP contribution in [0, 0.1) is 0 Å². The average molecular weight is 417 g/mol. The van der Waals surface area contributed by atoms with Crippen LogP contribution in [0.15, 0.2) is 28.7 Å². The normalized spacial score (nSPS) is 10.5. The smallest absolute Gasteiger partial charge is 0.308 e. The zero-order valence-corrected chi connectivity index (χ0v) is 15.1. The van der Waals surface area contributed by atoms with Crippen molar-refractivity contribution in [2.45, 2.75) is 19.8 Å². The topological polar surface area (TPSA) is 88.8 Å². The van der Waals surface area contributed by atoms with Crippen molar-refractivity contribution in [1.82, 2.24) is 0 Å². The molecule has 0 aliphatic carbocycles. The number of hydrogen-bond acceptors (Lipinski definition) is 5. The van der Waals surface area contributed by atoms with E-state index in [1.807, 2.05) is 0 Å². The second-order valence-electron chi connectivity index (χ2n) is 4.88. The minimum Gasteiger partial charge on any atom is -0.502 e. The number of esters is 1. The standard InChI is InChI=1S/C16H15BrClNO5/c1-9(20)23-15-13(22)14(10-4-6-11(18)7-5-10)24-16(15)19-12(21)3-2-8-17/h4-7,22H,2-3,8H2,1H3,(H,19,21). The Morgan fingerprint density at radius 3 is 2.58 bits per heavy atom. The molecule has 0 saturated carbocycles. The lowest BCUT2D eigenvalue weighted by molar-refractivity contribution is -0.132. The van der Waals surface area contributed by atoms with Gasteiger partial charge in [0, 0.05) is 29.3 Å². The van der Waals surface area contributed by atoms with Gasteiger partial charge in [0.1, 0.15) is 0 Å². The first-order valence-corrected chi connectivity index (χ1v) is 8.58. The predicted octanol–water partition coefficient (Wildman–Crippen LogP) is 4.34. The highest BCUT2D eigenvalue weighted by Crippen LogP contribution is 2.46. The summed E-state index contributed by atoms with van der Waals surface area (Å²) in [5.74, 6) is -1.61. The van der Waals surface area contributed by atoms with E-state index in [9.17, 15) is 14.7 Å². The Labute approximate surface area is 151 Å². The zero-order chi connectivity index (χ0) is 17.7. The van der Waals surface area contributed by atoms with Gasteiger partial charge in [0.15, 0.2) is 5.76 Å². The molecule has 2 rings (SSSR count). The lowest BCUT2D eigenvalue weighted by Gasteiger charge is -2.04. The largest absolute Gasteiger partial charge is 0.502 e. The van der Waals surface area contributed by atoms with E-state index in [0.717, 1.165) is 0 Å². The van der Waals surface area contributed by atoms with Gasteiger partial charge in [0.2, 0.25) is 23.3 Å². The number of halogens is 2. The van der Waals surface area contributed by atoms with Crippen LogP contribution in [-0.2, 0) is 9.59 Å². The number of aromatic hydroxyl groups is 1. The van der Waals surface area contributed by atoms with Crippen molar-refractivity contribution >= 4 is 45.3 Å². The number of anilines is 1. The summed E-state index contributed by atoms with van der Waals surface area (Å²) < 4.78 is 10.5. The van der Waals surface area contributed by atoms with Gasteiger partial charge in [-0.25, -0.2) is 0 Å². The Morgan fingerprint density at radius 2 is 2.00 bits per heavy atom. The molecule has 1 aromatic carbocycles. The number of carbonyl (C=O) groups excluding carboxylic acids is 2. The molecule has 0 bridgehead atoms. The number of rotatable bonds is 6. The van der Waals surface area contributed by atoms with Gasteiger partial charge in [-0.15, -0.1) is 0 Å². The fourth-order valence-corrected chi connectivity index (χ4v) is 2.35. The number of ether oxygens (including phenoxy) is 1. The SMILES string of the molecule is CC(=O)Oc1c(NC(=O)CCCBr)oc(-c2ccc(Cl)cc2)c1O. The molecular weight excluding hydrogens is 402 g/mol. The maximum atomic E-state index is 11.9. The number of alkyl halides is 1. The Balaban J connectivity index is 2.37. The monoisotopic (exact) mass is 415 g/mol. The van der Waals surface area contributed by atoms with Crippen molar-refractivity contribution in [3.8, 4) is 22.8 Å². The summed E-state index contributed by atoms with van der Waals surface area (Å²) in [5, 5.41) is 14.0. The van der Waals surface area contributed by atoms with E-state index in [2.05, 4.69) is 21.2 Å². The summed E-state index contributed by atoms with van der Waals surface area (Å²) in [6.45, 7) is 1.19. The van der Waals surface area contributed by atoms with E-state index in [0.29, 0.717) is 22.3 Å². The lowest BCUT2D eigenvalue weighted by Crippen LogP contribution is -2.12. The molecule has 0 aliphatic rings. The van der Waals surface area contributed by atoms with Crippen LogP contribution < -0.4 is 10.1 Å². The molecule has 1 heterocycles. The van der Waals surface area contributed by atoms with Crippen molar-refractivity contribution in [3.63, 3.8) is 0 Å². The summed E-state index contributed by atoms with van der Waals surface area (Å²) in [5.41, 5.74) is 0.520. The third-order valence-electron chi connectivity index (χ3n) is 2.98. The Hall–Kier alpha value is -1.99. The number of hydrogen-bond donors (Lipinski definition) is 2. The first-order valence-electron chi connectivity index (χ1n) is 7.08. The highest BCUT2D eigenvalue weighted by atomic mass is 79.9. The van der Waals surface area contributed by atoms with Crippen LogP contribution >= 0.6 is 27.5 Å².